The highest BCUT2D eigenvalue weighted by Gasteiger charge is 2.25. The van der Waals surface area contributed by atoms with Gasteiger partial charge in [0.1, 0.15) is 11.9 Å². The summed E-state index contributed by atoms with van der Waals surface area (Å²) in [5, 5.41) is 0.443. The van der Waals surface area contributed by atoms with E-state index < -0.39 is 5.82 Å². The van der Waals surface area contributed by atoms with Gasteiger partial charge in [-0.15, -0.1) is 0 Å². The number of hydrogen-bond donors (Lipinski definition) is 1. The summed E-state index contributed by atoms with van der Waals surface area (Å²) in [7, 11) is 0. The molecule has 1 aliphatic carbocycles. The maximum atomic E-state index is 13.3. The Morgan fingerprint density at radius 2 is 1.64 bits per heavy atom. The van der Waals surface area contributed by atoms with E-state index in [1.807, 2.05) is 0 Å². The van der Waals surface area contributed by atoms with Crippen molar-refractivity contribution >= 4 is 29.1 Å². The van der Waals surface area contributed by atoms with Crippen molar-refractivity contribution in [3.05, 3.63) is 28.0 Å². The lowest BCUT2D eigenvalue weighted by Crippen LogP contribution is -2.39. The predicted molar refractivity (Wildman–Crippen MR) is 110 cm³/mol. The van der Waals surface area contributed by atoms with Crippen LogP contribution in [0.15, 0.2) is 12.1 Å². The van der Waals surface area contributed by atoms with Crippen molar-refractivity contribution in [2.75, 3.05) is 19.6 Å². The van der Waals surface area contributed by atoms with Gasteiger partial charge in [0, 0.05) is 19.5 Å². The predicted octanol–water partition coefficient (Wildman–Crippen LogP) is 5.05. The lowest BCUT2D eigenvalue weighted by atomic mass is 9.79. The molecule has 1 aromatic rings. The van der Waals surface area contributed by atoms with Crippen LogP contribution in [-0.2, 0) is 4.79 Å². The summed E-state index contributed by atoms with van der Waals surface area (Å²) in [5.41, 5.74) is 5.31. The third-order valence-electron chi connectivity index (χ3n) is 6.09. The second-order valence-electron chi connectivity index (χ2n) is 8.20. The van der Waals surface area contributed by atoms with Crippen LogP contribution < -0.4 is 10.5 Å². The fourth-order valence-electron chi connectivity index (χ4n) is 4.43. The maximum Gasteiger partial charge on any atom is 0.217 e. The Morgan fingerprint density at radius 1 is 1.07 bits per heavy atom. The zero-order valence-corrected chi connectivity index (χ0v) is 17.7. The van der Waals surface area contributed by atoms with Crippen LogP contribution in [-0.4, -0.2) is 36.5 Å². The van der Waals surface area contributed by atoms with Crippen molar-refractivity contribution in [1.29, 1.82) is 0 Å². The molecule has 1 saturated carbocycles. The van der Waals surface area contributed by atoms with Crippen LogP contribution in [0.25, 0.3) is 0 Å². The third kappa shape index (κ3) is 6.23. The first kappa shape index (κ1) is 21.7. The molecular weight excluding hydrogens is 402 g/mol. The van der Waals surface area contributed by atoms with Gasteiger partial charge in [-0.2, -0.15) is 0 Å². The van der Waals surface area contributed by atoms with E-state index >= 15 is 0 Å². The first-order valence-electron chi connectivity index (χ1n) is 10.2. The number of carbonyl (C=O) groups excluding carboxylic acids is 1. The molecule has 0 unspecified atom stereocenters. The van der Waals surface area contributed by atoms with Crippen LogP contribution in [0.1, 0.15) is 51.4 Å². The largest absolute Gasteiger partial charge is 0.487 e. The van der Waals surface area contributed by atoms with Crippen LogP contribution in [0.3, 0.4) is 0 Å². The molecule has 0 spiro atoms. The van der Waals surface area contributed by atoms with E-state index in [-0.39, 0.29) is 22.1 Å². The minimum Gasteiger partial charge on any atom is -0.487 e. The molecule has 3 rings (SSSR count). The van der Waals surface area contributed by atoms with Crippen LogP contribution in [0.4, 0.5) is 4.39 Å². The van der Waals surface area contributed by atoms with E-state index in [0.29, 0.717) is 18.1 Å². The van der Waals surface area contributed by atoms with Crippen LogP contribution >= 0.6 is 23.2 Å². The minimum absolute atomic E-state index is 0.0564. The Morgan fingerprint density at radius 3 is 2.21 bits per heavy atom. The first-order chi connectivity index (χ1) is 13.4. The monoisotopic (exact) mass is 430 g/mol. The maximum absolute atomic E-state index is 13.3. The molecule has 0 aromatic heterocycles. The number of ether oxygens (including phenoxy) is 1. The average molecular weight is 431 g/mol. The van der Waals surface area contributed by atoms with Crippen molar-refractivity contribution in [3.63, 3.8) is 0 Å². The van der Waals surface area contributed by atoms with Crippen molar-refractivity contribution in [1.82, 2.24) is 4.90 Å². The molecule has 2 fully saturated rings. The molecule has 0 radical (unpaired) electrons. The van der Waals surface area contributed by atoms with Crippen molar-refractivity contribution in [3.8, 4) is 5.75 Å². The number of piperidine rings is 1. The zero-order chi connectivity index (χ0) is 20.1. The molecule has 28 heavy (non-hydrogen) atoms. The second kappa shape index (κ2) is 10.1. The molecule has 1 aliphatic heterocycles. The lowest BCUT2D eigenvalue weighted by molar-refractivity contribution is -0.119. The number of nitrogens with zero attached hydrogens (tertiary/aromatic N) is 1. The highest BCUT2D eigenvalue weighted by Crippen LogP contribution is 2.36. The molecule has 7 heteroatoms. The fourth-order valence-corrected chi connectivity index (χ4v) is 4.98. The summed E-state index contributed by atoms with van der Waals surface area (Å²) >= 11 is 12.1. The molecule has 4 nitrogen and oxygen atoms in total. The van der Waals surface area contributed by atoms with Crippen molar-refractivity contribution in [2.45, 2.75) is 57.5 Å². The molecule has 156 valence electrons. The van der Waals surface area contributed by atoms with Gasteiger partial charge in [-0.25, -0.2) is 4.39 Å². The number of halogens is 3. The highest BCUT2D eigenvalue weighted by atomic mass is 35.5. The third-order valence-corrected chi connectivity index (χ3v) is 6.65. The minimum atomic E-state index is -0.458. The number of carbonyl (C=O) groups is 1. The Bertz CT molecular complexity index is 649. The molecule has 0 bridgehead atoms. The first-order valence-corrected chi connectivity index (χ1v) is 11.0. The van der Waals surface area contributed by atoms with Gasteiger partial charge in [-0.3, -0.25) is 4.79 Å². The van der Waals surface area contributed by atoms with Gasteiger partial charge in [-0.05, 0) is 62.6 Å². The standard InChI is InChI=1S/C21H29Cl2FN2O2/c22-18-12-16(24)13-19(23)21(18)28-17-6-9-26(10-7-17)8-5-14-1-3-15(4-2-14)11-20(25)27/h12-15,17H,1-11H2,(H2,25,27). The highest BCUT2D eigenvalue weighted by molar-refractivity contribution is 6.37. The Kier molecular flexibility index (Phi) is 7.84. The summed E-state index contributed by atoms with van der Waals surface area (Å²) in [4.78, 5) is 13.5. The van der Waals surface area contributed by atoms with Gasteiger partial charge in [0.05, 0.1) is 10.0 Å². The number of likely N-dealkylation sites (tertiary alicyclic amines) is 1. The SMILES string of the molecule is NC(=O)CC1CCC(CCN2CCC(Oc3c(Cl)cc(F)cc3Cl)CC2)CC1. The zero-order valence-electron chi connectivity index (χ0n) is 16.1. The van der Waals surface area contributed by atoms with Crippen molar-refractivity contribution < 1.29 is 13.9 Å². The summed E-state index contributed by atoms with van der Waals surface area (Å²) in [6.07, 6.45) is 8.31. The van der Waals surface area contributed by atoms with E-state index in [2.05, 4.69) is 4.90 Å². The molecule has 0 atom stereocenters. The number of primary amides is 1. The molecule has 1 aromatic carbocycles. The fraction of sp³-hybridized carbons (Fsp3) is 0.667. The van der Waals surface area contributed by atoms with E-state index in [9.17, 15) is 9.18 Å². The Labute approximate surface area is 176 Å². The molecule has 1 heterocycles. The van der Waals surface area contributed by atoms with E-state index in [4.69, 9.17) is 33.7 Å². The van der Waals surface area contributed by atoms with Gasteiger partial charge >= 0.3 is 0 Å². The van der Waals surface area contributed by atoms with Gasteiger partial charge in [0.2, 0.25) is 5.91 Å². The summed E-state index contributed by atoms with van der Waals surface area (Å²) in [5.74, 6) is 1.01. The Hall–Kier alpha value is -1.04. The topological polar surface area (TPSA) is 55.6 Å². The van der Waals surface area contributed by atoms with Gasteiger partial charge in [0.15, 0.2) is 5.75 Å². The van der Waals surface area contributed by atoms with Crippen molar-refractivity contribution in [2.24, 2.45) is 17.6 Å². The second-order valence-corrected chi connectivity index (χ2v) is 9.02. The van der Waals surface area contributed by atoms with E-state index in [0.717, 1.165) is 51.2 Å². The van der Waals surface area contributed by atoms with E-state index in [1.54, 1.807) is 0 Å². The van der Waals surface area contributed by atoms with Crippen LogP contribution in [0.2, 0.25) is 10.0 Å². The van der Waals surface area contributed by atoms with Gasteiger partial charge in [-0.1, -0.05) is 36.0 Å². The molecule has 1 saturated heterocycles. The molecule has 2 N–H and O–H groups in total. The molecule has 2 aliphatic rings. The summed E-state index contributed by atoms with van der Waals surface area (Å²) < 4.78 is 19.3. The number of nitrogens with two attached hydrogens (primary N) is 1. The van der Waals surface area contributed by atoms with Crippen LogP contribution in [0.5, 0.6) is 5.75 Å². The van der Waals surface area contributed by atoms with Gasteiger partial charge < -0.3 is 15.4 Å². The van der Waals surface area contributed by atoms with Gasteiger partial charge in [0.25, 0.3) is 0 Å². The normalized spacial score (nSPS) is 24.2. The smallest absolute Gasteiger partial charge is 0.217 e. The average Bonchev–Trinajstić information content (AvgIpc) is 2.64. The molecular formula is C21H29Cl2FN2O2. The number of rotatable bonds is 7. The number of benzene rings is 1. The number of amides is 1. The number of hydrogen-bond acceptors (Lipinski definition) is 3. The lowest BCUT2D eigenvalue weighted by Gasteiger charge is -2.34. The van der Waals surface area contributed by atoms with Crippen LogP contribution in [0, 0.1) is 17.7 Å². The summed E-state index contributed by atoms with van der Waals surface area (Å²) in [6, 6.07) is 2.46. The van der Waals surface area contributed by atoms with E-state index in [1.165, 1.54) is 31.4 Å². The Balaban J connectivity index is 1.37. The summed E-state index contributed by atoms with van der Waals surface area (Å²) in [6.45, 7) is 3.08. The quantitative estimate of drug-likeness (QED) is 0.658. The molecule has 1 amide bonds.